The van der Waals surface area contributed by atoms with E-state index in [0.717, 1.165) is 67.8 Å². The second kappa shape index (κ2) is 11.5. The molecule has 1 amide bonds. The maximum atomic E-state index is 12.9. The van der Waals surface area contributed by atoms with Crippen molar-refractivity contribution >= 4 is 57.2 Å². The van der Waals surface area contributed by atoms with Gasteiger partial charge in [-0.05, 0) is 25.0 Å². The molecule has 0 radical (unpaired) electrons. The highest BCUT2D eigenvalue weighted by Crippen LogP contribution is 2.34. The first-order valence-corrected chi connectivity index (χ1v) is 12.2. The number of aliphatic carboxylic acids is 1. The predicted octanol–water partition coefficient (Wildman–Crippen LogP) is 5.98. The summed E-state index contributed by atoms with van der Waals surface area (Å²) in [5.41, 5.74) is 2.19. The molecule has 7 heteroatoms. The molecule has 31 heavy (non-hydrogen) atoms. The number of hydrogen-bond donors (Lipinski definition) is 1. The van der Waals surface area contributed by atoms with Gasteiger partial charge in [-0.1, -0.05) is 80.7 Å². The normalized spacial score (nSPS) is 15.5. The number of para-hydroxylation sites is 1. The van der Waals surface area contributed by atoms with Crippen LogP contribution in [0.1, 0.15) is 63.4 Å². The number of fused-ring (bicyclic) bond motifs is 1. The smallest absolute Gasteiger partial charge is 0.303 e. The van der Waals surface area contributed by atoms with Gasteiger partial charge in [0.2, 0.25) is 0 Å². The van der Waals surface area contributed by atoms with Crippen LogP contribution in [0.5, 0.6) is 0 Å². The molecule has 1 N–H and O–H groups in total. The fourth-order valence-corrected chi connectivity index (χ4v) is 5.23. The number of carbonyl (C=O) groups excluding carboxylic acids is 1. The highest BCUT2D eigenvalue weighted by molar-refractivity contribution is 8.26. The molecule has 1 fully saturated rings. The van der Waals surface area contributed by atoms with E-state index in [1.54, 1.807) is 4.90 Å². The summed E-state index contributed by atoms with van der Waals surface area (Å²) in [6.45, 7) is 0.677. The lowest BCUT2D eigenvalue weighted by molar-refractivity contribution is -0.137. The van der Waals surface area contributed by atoms with Gasteiger partial charge in [0.1, 0.15) is 4.32 Å². The van der Waals surface area contributed by atoms with Gasteiger partial charge >= 0.3 is 5.97 Å². The summed E-state index contributed by atoms with van der Waals surface area (Å²) in [6.07, 6.45) is 12.6. The Bertz CT molecular complexity index is 980. The number of nitrogens with zero attached hydrogens (tertiary/aromatic N) is 2. The average molecular weight is 459 g/mol. The van der Waals surface area contributed by atoms with Crippen molar-refractivity contribution < 1.29 is 14.7 Å². The monoisotopic (exact) mass is 458 g/mol. The van der Waals surface area contributed by atoms with E-state index in [4.69, 9.17) is 17.3 Å². The lowest BCUT2D eigenvalue weighted by Crippen LogP contribution is -2.29. The number of thiocarbonyl (C=S) groups is 1. The molecule has 1 aliphatic rings. The minimum atomic E-state index is -0.706. The topological polar surface area (TPSA) is 62.5 Å². The number of carboxylic acids is 1. The highest BCUT2D eigenvalue weighted by Gasteiger charge is 2.31. The lowest BCUT2D eigenvalue weighted by atomic mass is 10.1. The first kappa shape index (κ1) is 23.5. The SMILES string of the molecule is Cn1cc(/C=C2\SC(=S)N(CCCCCCCCCCC(=O)O)C2=O)c2ccccc21. The van der Waals surface area contributed by atoms with Crippen molar-refractivity contribution in [3.8, 4) is 0 Å². The van der Waals surface area contributed by atoms with Gasteiger partial charge in [-0.3, -0.25) is 14.5 Å². The van der Waals surface area contributed by atoms with Crippen LogP contribution < -0.4 is 0 Å². The van der Waals surface area contributed by atoms with Gasteiger partial charge in [-0.25, -0.2) is 0 Å². The van der Waals surface area contributed by atoms with E-state index >= 15 is 0 Å². The second-order valence-electron chi connectivity index (χ2n) is 8.02. The number of benzene rings is 1. The van der Waals surface area contributed by atoms with Crippen molar-refractivity contribution in [1.29, 1.82) is 0 Å². The zero-order valence-electron chi connectivity index (χ0n) is 18.0. The summed E-state index contributed by atoms with van der Waals surface area (Å²) < 4.78 is 2.73. The van der Waals surface area contributed by atoms with Crippen molar-refractivity contribution in [3.05, 3.63) is 40.9 Å². The molecule has 2 aromatic rings. The van der Waals surface area contributed by atoms with Gasteiger partial charge in [0.05, 0.1) is 4.91 Å². The van der Waals surface area contributed by atoms with E-state index in [0.29, 0.717) is 15.8 Å². The average Bonchev–Trinajstić information content (AvgIpc) is 3.20. The number of thioether (sulfide) groups is 1. The van der Waals surface area contributed by atoms with E-state index in [-0.39, 0.29) is 12.3 Å². The summed E-state index contributed by atoms with van der Waals surface area (Å²) in [6, 6.07) is 8.19. The number of aromatic nitrogens is 1. The van der Waals surface area contributed by atoms with Crippen molar-refractivity contribution in [2.45, 2.75) is 57.8 Å². The number of rotatable bonds is 12. The lowest BCUT2D eigenvalue weighted by Gasteiger charge is -2.14. The van der Waals surface area contributed by atoms with Crippen molar-refractivity contribution in [2.24, 2.45) is 7.05 Å². The van der Waals surface area contributed by atoms with Crippen LogP contribution in [0, 0.1) is 0 Å². The predicted molar refractivity (Wildman–Crippen MR) is 132 cm³/mol. The van der Waals surface area contributed by atoms with Crippen molar-refractivity contribution in [2.75, 3.05) is 6.54 Å². The third-order valence-electron chi connectivity index (χ3n) is 5.61. The second-order valence-corrected chi connectivity index (χ2v) is 9.69. The number of hydrogen-bond acceptors (Lipinski definition) is 4. The van der Waals surface area contributed by atoms with E-state index in [1.807, 2.05) is 25.3 Å². The maximum absolute atomic E-state index is 12.9. The Labute approximate surface area is 193 Å². The van der Waals surface area contributed by atoms with E-state index in [2.05, 4.69) is 22.9 Å². The van der Waals surface area contributed by atoms with E-state index in [9.17, 15) is 9.59 Å². The van der Waals surface area contributed by atoms with Crippen LogP contribution in [0.2, 0.25) is 0 Å². The molecule has 0 bridgehead atoms. The molecular formula is C24H30N2O3S2. The van der Waals surface area contributed by atoms with Crippen LogP contribution >= 0.6 is 24.0 Å². The maximum Gasteiger partial charge on any atom is 0.303 e. The van der Waals surface area contributed by atoms with Gasteiger partial charge < -0.3 is 9.67 Å². The molecular weight excluding hydrogens is 428 g/mol. The zero-order valence-corrected chi connectivity index (χ0v) is 19.6. The van der Waals surface area contributed by atoms with E-state index in [1.165, 1.54) is 11.8 Å². The first-order chi connectivity index (χ1) is 15.0. The van der Waals surface area contributed by atoms with Crippen LogP contribution in [0.3, 0.4) is 0 Å². The molecule has 1 aromatic heterocycles. The zero-order chi connectivity index (χ0) is 22.2. The molecule has 3 rings (SSSR count). The summed E-state index contributed by atoms with van der Waals surface area (Å²) in [5.74, 6) is -0.691. The van der Waals surface area contributed by atoms with Crippen molar-refractivity contribution in [1.82, 2.24) is 9.47 Å². The molecule has 166 valence electrons. The Hall–Kier alpha value is -2.12. The molecule has 1 aromatic carbocycles. The molecule has 2 heterocycles. The third kappa shape index (κ3) is 6.43. The molecule has 1 aliphatic heterocycles. The fraction of sp³-hybridized carbons (Fsp3) is 0.458. The summed E-state index contributed by atoms with van der Waals surface area (Å²) >= 11 is 6.86. The Morgan fingerprint density at radius 3 is 2.42 bits per heavy atom. The number of aryl methyl sites for hydroxylation is 1. The number of amides is 1. The summed E-state index contributed by atoms with van der Waals surface area (Å²) in [5, 5.41) is 9.77. The standard InChI is InChI=1S/C24H30N2O3S2/c1-25-17-18(19-12-9-10-13-20(19)25)16-21-23(29)26(24(30)31-21)15-11-7-5-3-2-4-6-8-14-22(27)28/h9-10,12-13,16-17H,2-8,11,14-15H2,1H3,(H,27,28)/b21-16-. The Morgan fingerprint density at radius 1 is 1.06 bits per heavy atom. The molecule has 0 atom stereocenters. The largest absolute Gasteiger partial charge is 0.481 e. The third-order valence-corrected chi connectivity index (χ3v) is 6.99. The summed E-state index contributed by atoms with van der Waals surface area (Å²) in [4.78, 5) is 25.8. The molecule has 0 unspecified atom stereocenters. The Kier molecular flexibility index (Phi) is 8.72. The fourth-order valence-electron chi connectivity index (χ4n) is 3.93. The van der Waals surface area contributed by atoms with Crippen LogP contribution in [0.25, 0.3) is 17.0 Å². The highest BCUT2D eigenvalue weighted by atomic mass is 32.2. The van der Waals surface area contributed by atoms with Gasteiger partial charge in [0.15, 0.2) is 0 Å². The van der Waals surface area contributed by atoms with E-state index < -0.39 is 5.97 Å². The minimum Gasteiger partial charge on any atom is -0.481 e. The Balaban J connectivity index is 1.42. The van der Waals surface area contributed by atoms with Gasteiger partial charge in [-0.2, -0.15) is 0 Å². The Morgan fingerprint density at radius 2 is 1.71 bits per heavy atom. The van der Waals surface area contributed by atoms with Crippen molar-refractivity contribution in [3.63, 3.8) is 0 Å². The molecule has 5 nitrogen and oxygen atoms in total. The van der Waals surface area contributed by atoms with Crippen LogP contribution in [-0.2, 0) is 16.6 Å². The molecule has 0 spiro atoms. The minimum absolute atomic E-state index is 0.0152. The molecule has 0 saturated carbocycles. The first-order valence-electron chi connectivity index (χ1n) is 11.0. The quantitative estimate of drug-likeness (QED) is 0.241. The number of carboxylic acid groups (broad SMARTS) is 1. The van der Waals surface area contributed by atoms with Crippen LogP contribution in [0.15, 0.2) is 35.4 Å². The molecule has 0 aliphatic carbocycles. The van der Waals surface area contributed by atoms with Gasteiger partial charge in [0, 0.05) is 42.7 Å². The molecule has 1 saturated heterocycles. The summed E-state index contributed by atoms with van der Waals surface area (Å²) in [7, 11) is 2.01. The van der Waals surface area contributed by atoms with Crippen LogP contribution in [0.4, 0.5) is 0 Å². The number of carbonyl (C=O) groups is 2. The number of unbranched alkanes of at least 4 members (excludes halogenated alkanes) is 7. The van der Waals surface area contributed by atoms with Gasteiger partial charge in [-0.15, -0.1) is 0 Å². The van der Waals surface area contributed by atoms with Crippen LogP contribution in [-0.4, -0.2) is 37.3 Å². The van der Waals surface area contributed by atoms with Gasteiger partial charge in [0.25, 0.3) is 5.91 Å².